The lowest BCUT2D eigenvalue weighted by atomic mass is 10.0. The van der Waals surface area contributed by atoms with Crippen molar-refractivity contribution in [1.29, 1.82) is 0 Å². The Bertz CT molecular complexity index is 732. The highest BCUT2D eigenvalue weighted by Crippen LogP contribution is 2.23. The predicted molar refractivity (Wildman–Crippen MR) is 96.8 cm³/mol. The molecule has 3 rings (SSSR count). The summed E-state index contributed by atoms with van der Waals surface area (Å²) in [7, 11) is 0. The van der Waals surface area contributed by atoms with E-state index in [0.717, 1.165) is 41.3 Å². The fraction of sp³-hybridized carbons (Fsp3) is 0.450. The fourth-order valence-electron chi connectivity index (χ4n) is 3.21. The molecule has 5 nitrogen and oxygen atoms in total. The molecule has 2 aromatic rings. The first kappa shape index (κ1) is 17.7. The van der Waals surface area contributed by atoms with Gasteiger partial charge in [-0.2, -0.15) is 0 Å². The number of hydrogen-bond donors (Lipinski definition) is 1. The van der Waals surface area contributed by atoms with Crippen molar-refractivity contribution in [2.45, 2.75) is 26.8 Å². The van der Waals surface area contributed by atoms with Crippen molar-refractivity contribution >= 4 is 5.91 Å². The van der Waals surface area contributed by atoms with E-state index in [9.17, 15) is 4.79 Å². The van der Waals surface area contributed by atoms with Gasteiger partial charge in [0.2, 0.25) is 0 Å². The van der Waals surface area contributed by atoms with Crippen molar-refractivity contribution in [1.82, 2.24) is 10.2 Å². The molecule has 1 amide bonds. The van der Waals surface area contributed by atoms with E-state index in [1.807, 2.05) is 51.1 Å². The third-order valence-corrected chi connectivity index (χ3v) is 4.88. The summed E-state index contributed by atoms with van der Waals surface area (Å²) in [5, 5.41) is 3.09. The van der Waals surface area contributed by atoms with Crippen molar-refractivity contribution in [2.75, 3.05) is 32.8 Å². The Hall–Kier alpha value is -2.11. The molecule has 1 fully saturated rings. The average molecular weight is 342 g/mol. The Morgan fingerprint density at radius 3 is 2.60 bits per heavy atom. The maximum Gasteiger partial charge on any atom is 0.251 e. The first-order chi connectivity index (χ1) is 12.1. The van der Waals surface area contributed by atoms with Crippen LogP contribution in [-0.4, -0.2) is 43.7 Å². The van der Waals surface area contributed by atoms with Gasteiger partial charge in [-0.1, -0.05) is 12.1 Å². The molecule has 1 aliphatic heterocycles. The minimum atomic E-state index is -0.0391. The van der Waals surface area contributed by atoms with Gasteiger partial charge in [0.1, 0.15) is 11.5 Å². The minimum Gasteiger partial charge on any atom is -0.465 e. The highest BCUT2D eigenvalue weighted by Gasteiger charge is 2.26. The fourth-order valence-corrected chi connectivity index (χ4v) is 3.21. The van der Waals surface area contributed by atoms with Gasteiger partial charge in [0.05, 0.1) is 19.3 Å². The molecule has 2 heterocycles. The largest absolute Gasteiger partial charge is 0.465 e. The van der Waals surface area contributed by atoms with E-state index >= 15 is 0 Å². The summed E-state index contributed by atoms with van der Waals surface area (Å²) in [5.74, 6) is 1.73. The van der Waals surface area contributed by atoms with Gasteiger partial charge in [-0.25, -0.2) is 0 Å². The van der Waals surface area contributed by atoms with Gasteiger partial charge in [-0.05, 0) is 50.1 Å². The van der Waals surface area contributed by atoms with Crippen LogP contribution < -0.4 is 5.32 Å². The highest BCUT2D eigenvalue weighted by atomic mass is 16.5. The number of morpholine rings is 1. The average Bonchev–Trinajstić information content (AvgIpc) is 3.04. The van der Waals surface area contributed by atoms with Gasteiger partial charge in [-0.3, -0.25) is 9.69 Å². The molecule has 1 aromatic heterocycles. The maximum atomic E-state index is 12.7. The minimum absolute atomic E-state index is 0.0201. The lowest BCUT2D eigenvalue weighted by Gasteiger charge is -2.33. The molecule has 5 heteroatoms. The number of carbonyl (C=O) groups excluding carboxylic acids is 1. The Balaban J connectivity index is 1.74. The Kier molecular flexibility index (Phi) is 5.56. The zero-order chi connectivity index (χ0) is 17.8. The van der Waals surface area contributed by atoms with Crippen LogP contribution in [0.1, 0.15) is 39.0 Å². The molecule has 0 aliphatic carbocycles. The van der Waals surface area contributed by atoms with Gasteiger partial charge in [0.15, 0.2) is 0 Å². The first-order valence-corrected chi connectivity index (χ1v) is 8.79. The molecule has 1 aromatic carbocycles. The molecule has 25 heavy (non-hydrogen) atoms. The van der Waals surface area contributed by atoms with Crippen LogP contribution in [0.4, 0.5) is 0 Å². The van der Waals surface area contributed by atoms with Gasteiger partial charge >= 0.3 is 0 Å². The van der Waals surface area contributed by atoms with E-state index in [2.05, 4.69) is 10.2 Å². The lowest BCUT2D eigenvalue weighted by molar-refractivity contribution is 0.0117. The molecule has 0 bridgehead atoms. The summed E-state index contributed by atoms with van der Waals surface area (Å²) in [6.45, 7) is 9.55. The van der Waals surface area contributed by atoms with Crippen molar-refractivity contribution in [3.8, 4) is 0 Å². The smallest absolute Gasteiger partial charge is 0.251 e. The summed E-state index contributed by atoms with van der Waals surface area (Å²) in [5.41, 5.74) is 2.88. The van der Waals surface area contributed by atoms with Gasteiger partial charge in [-0.15, -0.1) is 0 Å². The van der Waals surface area contributed by atoms with Gasteiger partial charge < -0.3 is 14.5 Å². The van der Waals surface area contributed by atoms with Crippen LogP contribution in [0.25, 0.3) is 0 Å². The molecule has 1 aliphatic rings. The topological polar surface area (TPSA) is 54.7 Å². The molecule has 1 N–H and O–H groups in total. The van der Waals surface area contributed by atoms with Crippen molar-refractivity contribution in [3.05, 3.63) is 58.5 Å². The second-order valence-electron chi connectivity index (χ2n) is 6.57. The Labute approximate surface area is 149 Å². The van der Waals surface area contributed by atoms with E-state index < -0.39 is 0 Å². The maximum absolute atomic E-state index is 12.7. The zero-order valence-corrected chi connectivity index (χ0v) is 15.2. The number of rotatable bonds is 5. The summed E-state index contributed by atoms with van der Waals surface area (Å²) >= 11 is 0. The second-order valence-corrected chi connectivity index (χ2v) is 6.57. The van der Waals surface area contributed by atoms with E-state index in [1.165, 1.54) is 0 Å². The number of aryl methyl sites for hydroxylation is 2. The Morgan fingerprint density at radius 1 is 1.16 bits per heavy atom. The van der Waals surface area contributed by atoms with E-state index in [-0.39, 0.29) is 11.9 Å². The molecule has 1 saturated heterocycles. The standard InChI is InChI=1S/C20H26N2O3/c1-14-5-4-6-17(16(14)3)20(23)21-13-18(19-8-7-15(2)25-19)22-9-11-24-12-10-22/h4-8,18H,9-13H2,1-3H3,(H,21,23). The number of carbonyl (C=O) groups is 1. The number of amides is 1. The zero-order valence-electron chi connectivity index (χ0n) is 15.2. The van der Waals surface area contributed by atoms with Crippen molar-refractivity contribution in [3.63, 3.8) is 0 Å². The lowest BCUT2D eigenvalue weighted by Crippen LogP contribution is -2.43. The quantitative estimate of drug-likeness (QED) is 0.907. The van der Waals surface area contributed by atoms with Crippen molar-refractivity contribution in [2.24, 2.45) is 0 Å². The van der Waals surface area contributed by atoms with Crippen LogP contribution in [0.3, 0.4) is 0 Å². The number of ether oxygens (including phenoxy) is 1. The molecule has 0 radical (unpaired) electrons. The predicted octanol–water partition coefficient (Wildman–Crippen LogP) is 3.01. The van der Waals surface area contributed by atoms with Crippen LogP contribution in [0.15, 0.2) is 34.7 Å². The number of furan rings is 1. The van der Waals surface area contributed by atoms with Crippen LogP contribution in [0.2, 0.25) is 0 Å². The van der Waals surface area contributed by atoms with Gasteiger partial charge in [0.25, 0.3) is 5.91 Å². The van der Waals surface area contributed by atoms with Crippen LogP contribution in [0, 0.1) is 20.8 Å². The van der Waals surface area contributed by atoms with Crippen LogP contribution >= 0.6 is 0 Å². The van der Waals surface area contributed by atoms with Crippen LogP contribution in [0.5, 0.6) is 0 Å². The number of hydrogen-bond acceptors (Lipinski definition) is 4. The number of benzene rings is 1. The normalized spacial score (nSPS) is 16.6. The van der Waals surface area contributed by atoms with Crippen LogP contribution in [-0.2, 0) is 4.74 Å². The number of nitrogens with zero attached hydrogens (tertiary/aromatic N) is 1. The number of nitrogens with one attached hydrogen (secondary N) is 1. The highest BCUT2D eigenvalue weighted by molar-refractivity contribution is 5.95. The molecule has 1 unspecified atom stereocenters. The van der Waals surface area contributed by atoms with E-state index in [4.69, 9.17) is 9.15 Å². The SMILES string of the molecule is Cc1ccc(C(CNC(=O)c2cccc(C)c2C)N2CCOCC2)o1. The third-order valence-electron chi connectivity index (χ3n) is 4.88. The van der Waals surface area contributed by atoms with Crippen molar-refractivity contribution < 1.29 is 13.9 Å². The summed E-state index contributed by atoms with van der Waals surface area (Å²) in [6.07, 6.45) is 0. The molecule has 0 spiro atoms. The molecule has 1 atom stereocenters. The molecule has 134 valence electrons. The molecular weight excluding hydrogens is 316 g/mol. The summed E-state index contributed by atoms with van der Waals surface area (Å²) < 4.78 is 11.3. The molecule has 0 saturated carbocycles. The van der Waals surface area contributed by atoms with E-state index in [1.54, 1.807) is 0 Å². The third kappa shape index (κ3) is 4.11. The van der Waals surface area contributed by atoms with Gasteiger partial charge in [0, 0.05) is 25.2 Å². The Morgan fingerprint density at radius 2 is 1.92 bits per heavy atom. The second kappa shape index (κ2) is 7.85. The van der Waals surface area contributed by atoms with E-state index in [0.29, 0.717) is 19.8 Å². The monoisotopic (exact) mass is 342 g/mol. The molecular formula is C20H26N2O3. The first-order valence-electron chi connectivity index (χ1n) is 8.79. The summed E-state index contributed by atoms with van der Waals surface area (Å²) in [6, 6.07) is 9.81. The summed E-state index contributed by atoms with van der Waals surface area (Å²) in [4.78, 5) is 15.0.